The number of benzene rings is 3. The average molecular weight is 378 g/mol. The molecule has 0 saturated carbocycles. The summed E-state index contributed by atoms with van der Waals surface area (Å²) < 4.78 is 10.8. The van der Waals surface area contributed by atoms with Gasteiger partial charge in [-0.2, -0.15) is 0 Å². The van der Waals surface area contributed by atoms with Crippen molar-refractivity contribution in [2.45, 2.75) is 11.8 Å². The second-order valence-electron chi connectivity index (χ2n) is 6.14. The maximum Gasteiger partial charge on any atom is 0.334 e. The van der Waals surface area contributed by atoms with E-state index in [0.717, 1.165) is 16.6 Å². The fourth-order valence-electron chi connectivity index (χ4n) is 2.88. The predicted octanol–water partition coefficient (Wildman–Crippen LogP) is 5.30. The topological polar surface area (TPSA) is 52.3 Å². The molecule has 4 rings (SSSR count). The highest BCUT2D eigenvalue weighted by atomic mass is 35.5. The molecule has 0 amide bonds. The van der Waals surface area contributed by atoms with Crippen molar-refractivity contribution in [3.05, 3.63) is 95.7 Å². The van der Waals surface area contributed by atoms with Gasteiger partial charge in [0, 0.05) is 17.9 Å². The number of fused-ring (bicyclic) bond motifs is 1. The Morgan fingerprint density at radius 3 is 2.44 bits per heavy atom. The van der Waals surface area contributed by atoms with E-state index in [4.69, 9.17) is 20.9 Å². The standard InChI is InChI=1S/C22H16ClNO3/c23-21(16-9-5-2-6-10-16)22(25)26-17-11-12-18-19(24-27-20(18)14-17)13-15-7-3-1-4-8-15/h1-12,14,21H,13H2. The summed E-state index contributed by atoms with van der Waals surface area (Å²) in [6, 6.07) is 24.4. The van der Waals surface area contributed by atoms with Crippen LogP contribution in [0.25, 0.3) is 11.0 Å². The summed E-state index contributed by atoms with van der Waals surface area (Å²) >= 11 is 6.21. The molecule has 0 N–H and O–H groups in total. The Bertz CT molecular complexity index is 1060. The van der Waals surface area contributed by atoms with E-state index >= 15 is 0 Å². The van der Waals surface area contributed by atoms with E-state index in [1.807, 2.05) is 54.6 Å². The number of alkyl halides is 1. The molecule has 5 heteroatoms. The molecule has 1 atom stereocenters. The summed E-state index contributed by atoms with van der Waals surface area (Å²) in [4.78, 5) is 12.3. The van der Waals surface area contributed by atoms with Crippen LogP contribution >= 0.6 is 11.6 Å². The fourth-order valence-corrected chi connectivity index (χ4v) is 3.07. The molecule has 0 spiro atoms. The second-order valence-corrected chi connectivity index (χ2v) is 6.58. The van der Waals surface area contributed by atoms with Crippen molar-refractivity contribution < 1.29 is 14.1 Å². The van der Waals surface area contributed by atoms with Gasteiger partial charge in [0.1, 0.15) is 5.75 Å². The third kappa shape index (κ3) is 3.86. The minimum atomic E-state index is -0.870. The van der Waals surface area contributed by atoms with Crippen LogP contribution in [0.1, 0.15) is 22.2 Å². The monoisotopic (exact) mass is 377 g/mol. The first-order chi connectivity index (χ1) is 13.2. The predicted molar refractivity (Wildman–Crippen MR) is 104 cm³/mol. The SMILES string of the molecule is O=C(Oc1ccc2c(Cc3ccccc3)noc2c1)C(Cl)c1ccccc1. The number of hydrogen-bond acceptors (Lipinski definition) is 4. The number of hydrogen-bond donors (Lipinski definition) is 0. The number of esters is 1. The highest BCUT2D eigenvalue weighted by Gasteiger charge is 2.20. The van der Waals surface area contributed by atoms with Crippen LogP contribution in [-0.4, -0.2) is 11.1 Å². The van der Waals surface area contributed by atoms with Crippen LogP contribution in [-0.2, 0) is 11.2 Å². The van der Waals surface area contributed by atoms with E-state index in [1.54, 1.807) is 24.3 Å². The molecule has 1 heterocycles. The molecule has 0 aliphatic carbocycles. The number of ether oxygens (including phenoxy) is 1. The van der Waals surface area contributed by atoms with Crippen molar-refractivity contribution in [3.8, 4) is 5.75 Å². The van der Waals surface area contributed by atoms with E-state index < -0.39 is 11.3 Å². The molecule has 1 aromatic heterocycles. The summed E-state index contributed by atoms with van der Waals surface area (Å²) in [5.41, 5.74) is 3.25. The Morgan fingerprint density at radius 2 is 1.70 bits per heavy atom. The van der Waals surface area contributed by atoms with Crippen molar-refractivity contribution in [1.82, 2.24) is 5.16 Å². The fraction of sp³-hybridized carbons (Fsp3) is 0.0909. The number of carbonyl (C=O) groups excluding carboxylic acids is 1. The van der Waals surface area contributed by atoms with Crippen LogP contribution in [0.4, 0.5) is 0 Å². The van der Waals surface area contributed by atoms with E-state index in [0.29, 0.717) is 23.3 Å². The lowest BCUT2D eigenvalue weighted by molar-refractivity contribution is -0.134. The van der Waals surface area contributed by atoms with Gasteiger partial charge >= 0.3 is 5.97 Å². The minimum absolute atomic E-state index is 0.372. The van der Waals surface area contributed by atoms with Gasteiger partial charge in [0.05, 0.1) is 5.69 Å². The van der Waals surface area contributed by atoms with E-state index in [2.05, 4.69) is 5.16 Å². The summed E-state index contributed by atoms with van der Waals surface area (Å²) in [6.07, 6.45) is 0.671. The highest BCUT2D eigenvalue weighted by Crippen LogP contribution is 2.28. The van der Waals surface area contributed by atoms with Crippen LogP contribution in [0.2, 0.25) is 0 Å². The van der Waals surface area contributed by atoms with E-state index in [-0.39, 0.29) is 0 Å². The molecule has 0 bridgehead atoms. The zero-order chi connectivity index (χ0) is 18.6. The first-order valence-corrected chi connectivity index (χ1v) is 8.97. The van der Waals surface area contributed by atoms with Gasteiger partial charge < -0.3 is 9.26 Å². The maximum absolute atomic E-state index is 12.3. The zero-order valence-corrected chi connectivity index (χ0v) is 15.1. The highest BCUT2D eigenvalue weighted by molar-refractivity contribution is 6.30. The van der Waals surface area contributed by atoms with Gasteiger partial charge in [-0.05, 0) is 23.3 Å². The van der Waals surface area contributed by atoms with Crippen LogP contribution in [0, 0.1) is 0 Å². The van der Waals surface area contributed by atoms with Crippen LogP contribution < -0.4 is 4.74 Å². The van der Waals surface area contributed by atoms with Gasteiger partial charge in [-0.25, -0.2) is 4.79 Å². The quantitative estimate of drug-likeness (QED) is 0.269. The van der Waals surface area contributed by atoms with Crippen molar-refractivity contribution in [3.63, 3.8) is 0 Å². The lowest BCUT2D eigenvalue weighted by atomic mass is 10.1. The molecular formula is C22H16ClNO3. The van der Waals surface area contributed by atoms with Gasteiger partial charge in [-0.15, -0.1) is 11.6 Å². The molecular weight excluding hydrogens is 362 g/mol. The Hall–Kier alpha value is -3.11. The smallest absolute Gasteiger partial charge is 0.334 e. The Kier molecular flexibility index (Phi) is 4.90. The van der Waals surface area contributed by atoms with E-state index in [1.165, 1.54) is 0 Å². The third-order valence-electron chi connectivity index (χ3n) is 4.25. The number of carbonyl (C=O) groups is 1. The summed E-state index contributed by atoms with van der Waals surface area (Å²) in [5.74, 6) is -0.164. The van der Waals surface area contributed by atoms with Gasteiger partial charge in [-0.1, -0.05) is 65.8 Å². The normalized spacial score (nSPS) is 12.0. The number of halogens is 1. The molecule has 134 valence electrons. The largest absolute Gasteiger partial charge is 0.425 e. The molecule has 0 saturated heterocycles. The molecule has 0 radical (unpaired) electrons. The summed E-state index contributed by atoms with van der Waals surface area (Å²) in [7, 11) is 0. The van der Waals surface area contributed by atoms with Crippen LogP contribution in [0.5, 0.6) is 5.75 Å². The maximum atomic E-state index is 12.3. The molecule has 4 aromatic rings. The molecule has 27 heavy (non-hydrogen) atoms. The van der Waals surface area contributed by atoms with Crippen LogP contribution in [0.15, 0.2) is 83.4 Å². The lowest BCUT2D eigenvalue weighted by Crippen LogP contribution is -2.14. The summed E-state index contributed by atoms with van der Waals surface area (Å²) in [5, 5.41) is 4.17. The number of rotatable bonds is 5. The van der Waals surface area contributed by atoms with Crippen molar-refractivity contribution in [2.24, 2.45) is 0 Å². The molecule has 0 aliphatic rings. The average Bonchev–Trinajstić information content (AvgIpc) is 3.11. The summed E-state index contributed by atoms with van der Waals surface area (Å²) in [6.45, 7) is 0. The Labute approximate surface area is 161 Å². The van der Waals surface area contributed by atoms with Crippen molar-refractivity contribution >= 4 is 28.5 Å². The molecule has 4 nitrogen and oxygen atoms in total. The van der Waals surface area contributed by atoms with Gasteiger partial charge in [-0.3, -0.25) is 0 Å². The van der Waals surface area contributed by atoms with E-state index in [9.17, 15) is 4.79 Å². The second kappa shape index (κ2) is 7.64. The molecule has 0 fully saturated rings. The van der Waals surface area contributed by atoms with Crippen LogP contribution in [0.3, 0.4) is 0 Å². The first-order valence-electron chi connectivity index (χ1n) is 8.53. The molecule has 3 aromatic carbocycles. The van der Waals surface area contributed by atoms with Crippen molar-refractivity contribution in [1.29, 1.82) is 0 Å². The van der Waals surface area contributed by atoms with Gasteiger partial charge in [0.2, 0.25) is 0 Å². The Balaban J connectivity index is 1.51. The number of aromatic nitrogens is 1. The number of nitrogens with zero attached hydrogens (tertiary/aromatic N) is 1. The molecule has 1 unspecified atom stereocenters. The third-order valence-corrected chi connectivity index (χ3v) is 4.68. The lowest BCUT2D eigenvalue weighted by Gasteiger charge is -2.09. The Morgan fingerprint density at radius 1 is 1.00 bits per heavy atom. The van der Waals surface area contributed by atoms with Crippen molar-refractivity contribution in [2.75, 3.05) is 0 Å². The first kappa shape index (κ1) is 17.3. The van der Waals surface area contributed by atoms with Gasteiger partial charge in [0.15, 0.2) is 11.0 Å². The minimum Gasteiger partial charge on any atom is -0.425 e. The van der Waals surface area contributed by atoms with Gasteiger partial charge in [0.25, 0.3) is 0 Å². The zero-order valence-electron chi connectivity index (χ0n) is 14.3. The molecule has 0 aliphatic heterocycles.